The van der Waals surface area contributed by atoms with Gasteiger partial charge in [-0.2, -0.15) is 0 Å². The quantitative estimate of drug-likeness (QED) is 0.540. The number of hydrogen-bond acceptors (Lipinski definition) is 5. The van der Waals surface area contributed by atoms with Crippen LogP contribution < -0.4 is 14.8 Å². The van der Waals surface area contributed by atoms with E-state index in [9.17, 15) is 5.11 Å². The van der Waals surface area contributed by atoms with E-state index in [1.165, 1.54) is 5.56 Å². The number of allylic oxidation sites excluding steroid dienone is 2. The van der Waals surface area contributed by atoms with Gasteiger partial charge in [0, 0.05) is 23.8 Å². The maximum Gasteiger partial charge on any atom is 0.163 e. The highest BCUT2D eigenvalue weighted by Crippen LogP contribution is 2.52. The molecule has 5 heteroatoms. The lowest BCUT2D eigenvalue weighted by molar-refractivity contribution is 0.110. The molecule has 2 aliphatic rings. The zero-order valence-corrected chi connectivity index (χ0v) is 16.4. The average Bonchev–Trinajstić information content (AvgIpc) is 3.21. The van der Waals surface area contributed by atoms with Gasteiger partial charge >= 0.3 is 0 Å². The molecular weight excluding hydrogens is 354 g/mol. The molecule has 5 nitrogen and oxygen atoms in total. The molecule has 2 N–H and O–H groups in total. The molecule has 3 atom stereocenters. The van der Waals surface area contributed by atoms with Crippen LogP contribution in [0.2, 0.25) is 0 Å². The first-order valence-corrected chi connectivity index (χ1v) is 9.86. The predicted molar refractivity (Wildman–Crippen MR) is 109 cm³/mol. The van der Waals surface area contributed by atoms with Crippen LogP contribution in [0.4, 0.5) is 5.69 Å². The third kappa shape index (κ3) is 3.42. The second-order valence-corrected chi connectivity index (χ2v) is 7.17. The predicted octanol–water partition coefficient (Wildman–Crippen LogP) is 4.64. The molecule has 0 saturated carbocycles. The molecule has 2 aromatic carbocycles. The average molecular weight is 381 g/mol. The first-order chi connectivity index (χ1) is 13.7. The largest absolute Gasteiger partial charge is 0.504 e. The van der Waals surface area contributed by atoms with Crippen molar-refractivity contribution in [1.29, 1.82) is 0 Å². The summed E-state index contributed by atoms with van der Waals surface area (Å²) in [6.45, 7) is 3.82. The van der Waals surface area contributed by atoms with E-state index in [-0.39, 0.29) is 11.8 Å². The molecule has 0 bridgehead atoms. The number of para-hydroxylation sites is 1. The minimum Gasteiger partial charge on any atom is -0.504 e. The Morgan fingerprint density at radius 2 is 2.04 bits per heavy atom. The summed E-state index contributed by atoms with van der Waals surface area (Å²) < 4.78 is 16.5. The number of fused-ring (bicyclic) bond motifs is 3. The molecular formula is C23H27NO4. The summed E-state index contributed by atoms with van der Waals surface area (Å²) in [7, 11) is 1.58. The number of aromatic hydroxyl groups is 1. The fourth-order valence-corrected chi connectivity index (χ4v) is 4.29. The van der Waals surface area contributed by atoms with E-state index in [1.54, 1.807) is 13.2 Å². The summed E-state index contributed by atoms with van der Waals surface area (Å²) in [5.41, 5.74) is 3.20. The monoisotopic (exact) mass is 381 g/mol. The first kappa shape index (κ1) is 18.7. The number of anilines is 1. The molecule has 0 amide bonds. The van der Waals surface area contributed by atoms with Crippen molar-refractivity contribution in [2.75, 3.05) is 32.2 Å². The number of phenolic OH excluding ortho intramolecular Hbond substituents is 1. The molecule has 3 unspecified atom stereocenters. The van der Waals surface area contributed by atoms with E-state index in [2.05, 4.69) is 29.6 Å². The Hall–Kier alpha value is -2.66. The zero-order chi connectivity index (χ0) is 19.5. The summed E-state index contributed by atoms with van der Waals surface area (Å²) in [6.07, 6.45) is 5.48. The third-order valence-corrected chi connectivity index (χ3v) is 5.62. The molecule has 1 aliphatic heterocycles. The van der Waals surface area contributed by atoms with Crippen LogP contribution in [0.3, 0.4) is 0 Å². The number of benzene rings is 2. The van der Waals surface area contributed by atoms with Crippen LogP contribution in [0.1, 0.15) is 36.4 Å². The Balaban J connectivity index is 1.62. The molecule has 2 aromatic rings. The normalized spacial score (nSPS) is 22.3. The molecule has 0 radical (unpaired) electrons. The number of methoxy groups -OCH3 is 1. The molecule has 0 saturated heterocycles. The van der Waals surface area contributed by atoms with Crippen molar-refractivity contribution in [1.82, 2.24) is 0 Å². The molecule has 4 rings (SSSR count). The van der Waals surface area contributed by atoms with Crippen molar-refractivity contribution in [2.45, 2.75) is 25.3 Å². The van der Waals surface area contributed by atoms with Gasteiger partial charge < -0.3 is 24.6 Å². The van der Waals surface area contributed by atoms with Crippen LogP contribution in [-0.2, 0) is 4.74 Å². The van der Waals surface area contributed by atoms with E-state index in [0.29, 0.717) is 37.4 Å². The lowest BCUT2D eigenvalue weighted by atomic mass is 9.76. The molecule has 1 heterocycles. The SMILES string of the molecule is CCOCCOc1ccc2c(c1)C1C=CCC1C(c1cccc(OC)c1O)N2. The van der Waals surface area contributed by atoms with Crippen LogP contribution in [-0.4, -0.2) is 32.0 Å². The Morgan fingerprint density at radius 1 is 1.14 bits per heavy atom. The molecule has 0 spiro atoms. The van der Waals surface area contributed by atoms with Crippen molar-refractivity contribution >= 4 is 5.69 Å². The smallest absolute Gasteiger partial charge is 0.163 e. The topological polar surface area (TPSA) is 60.0 Å². The van der Waals surface area contributed by atoms with Crippen molar-refractivity contribution in [3.05, 3.63) is 59.7 Å². The Labute approximate surface area is 165 Å². The third-order valence-electron chi connectivity index (χ3n) is 5.62. The fraction of sp³-hybridized carbons (Fsp3) is 0.391. The van der Waals surface area contributed by atoms with Gasteiger partial charge in [0.05, 0.1) is 19.8 Å². The van der Waals surface area contributed by atoms with Gasteiger partial charge in [0.25, 0.3) is 0 Å². The Kier molecular flexibility index (Phi) is 5.44. The molecule has 28 heavy (non-hydrogen) atoms. The highest BCUT2D eigenvalue weighted by molar-refractivity contribution is 5.63. The molecule has 1 aliphatic carbocycles. The number of phenols is 1. The van der Waals surface area contributed by atoms with Crippen molar-refractivity contribution in [3.63, 3.8) is 0 Å². The van der Waals surface area contributed by atoms with Crippen LogP contribution in [0.15, 0.2) is 48.6 Å². The highest BCUT2D eigenvalue weighted by atomic mass is 16.5. The van der Waals surface area contributed by atoms with Gasteiger partial charge in [0.1, 0.15) is 12.4 Å². The van der Waals surface area contributed by atoms with Crippen molar-refractivity contribution in [3.8, 4) is 17.2 Å². The summed E-state index contributed by atoms with van der Waals surface area (Å²) in [6, 6.07) is 11.9. The van der Waals surface area contributed by atoms with Gasteiger partial charge in [-0.3, -0.25) is 0 Å². The lowest BCUT2D eigenvalue weighted by Crippen LogP contribution is -2.29. The van der Waals surface area contributed by atoms with Crippen LogP contribution in [0.25, 0.3) is 0 Å². The van der Waals surface area contributed by atoms with E-state index in [0.717, 1.165) is 23.4 Å². The van der Waals surface area contributed by atoms with Gasteiger partial charge in [0.15, 0.2) is 11.5 Å². The maximum atomic E-state index is 10.7. The van der Waals surface area contributed by atoms with Crippen LogP contribution >= 0.6 is 0 Å². The summed E-state index contributed by atoms with van der Waals surface area (Å²) >= 11 is 0. The lowest BCUT2D eigenvalue weighted by Gasteiger charge is -2.38. The van der Waals surface area contributed by atoms with Gasteiger partial charge in [0.2, 0.25) is 0 Å². The van der Waals surface area contributed by atoms with Gasteiger partial charge in [-0.25, -0.2) is 0 Å². The number of hydrogen-bond donors (Lipinski definition) is 2. The van der Waals surface area contributed by atoms with Gasteiger partial charge in [-0.1, -0.05) is 24.3 Å². The number of ether oxygens (including phenoxy) is 3. The highest BCUT2D eigenvalue weighted by Gasteiger charge is 2.39. The second kappa shape index (κ2) is 8.15. The van der Waals surface area contributed by atoms with Crippen molar-refractivity contribution in [2.24, 2.45) is 5.92 Å². The van der Waals surface area contributed by atoms with Crippen LogP contribution in [0.5, 0.6) is 17.2 Å². The number of nitrogens with one attached hydrogen (secondary N) is 1. The van der Waals surface area contributed by atoms with E-state index in [4.69, 9.17) is 14.2 Å². The Bertz CT molecular complexity index is 864. The fourth-order valence-electron chi connectivity index (χ4n) is 4.29. The summed E-state index contributed by atoms with van der Waals surface area (Å²) in [5.74, 6) is 2.21. The van der Waals surface area contributed by atoms with E-state index in [1.807, 2.05) is 25.1 Å². The Morgan fingerprint density at radius 3 is 2.86 bits per heavy atom. The first-order valence-electron chi connectivity index (χ1n) is 9.86. The van der Waals surface area contributed by atoms with E-state index < -0.39 is 0 Å². The number of rotatable bonds is 7. The van der Waals surface area contributed by atoms with E-state index >= 15 is 0 Å². The molecule has 0 aromatic heterocycles. The maximum absolute atomic E-state index is 10.7. The minimum absolute atomic E-state index is 0.0207. The summed E-state index contributed by atoms with van der Waals surface area (Å²) in [5, 5.41) is 14.3. The molecule has 148 valence electrons. The standard InChI is InChI=1S/C23H27NO4/c1-3-27-12-13-28-15-10-11-20-19(14-15)16-6-4-7-17(16)22(24-20)18-8-5-9-21(26-2)23(18)25/h4-6,8-11,14,16-17,22,24-25H,3,7,12-13H2,1-2H3. The van der Waals surface area contributed by atoms with Crippen LogP contribution in [0, 0.1) is 5.92 Å². The zero-order valence-electron chi connectivity index (χ0n) is 16.4. The van der Waals surface area contributed by atoms with Gasteiger partial charge in [-0.15, -0.1) is 0 Å². The van der Waals surface area contributed by atoms with Gasteiger partial charge in [-0.05, 0) is 49.1 Å². The van der Waals surface area contributed by atoms with Crippen molar-refractivity contribution < 1.29 is 19.3 Å². The minimum atomic E-state index is 0.0207. The summed E-state index contributed by atoms with van der Waals surface area (Å²) in [4.78, 5) is 0. The second-order valence-electron chi connectivity index (χ2n) is 7.17. The molecule has 0 fully saturated rings.